The summed E-state index contributed by atoms with van der Waals surface area (Å²) in [6.45, 7) is 1.94. The maximum Gasteiger partial charge on any atom is 0.233 e. The lowest BCUT2D eigenvalue weighted by Gasteiger charge is -2.06. The summed E-state index contributed by atoms with van der Waals surface area (Å²) in [6.07, 6.45) is 2.93. The highest BCUT2D eigenvalue weighted by Gasteiger charge is 2.09. The van der Waals surface area contributed by atoms with E-state index < -0.39 is 10.0 Å². The van der Waals surface area contributed by atoms with Crippen LogP contribution in [-0.2, 0) is 10.0 Å². The van der Waals surface area contributed by atoms with E-state index in [1.165, 1.54) is 12.3 Å². The Bertz CT molecular complexity index is 420. The van der Waals surface area contributed by atoms with Gasteiger partial charge in [0.15, 0.2) is 0 Å². The van der Waals surface area contributed by atoms with Crippen LogP contribution in [-0.4, -0.2) is 19.2 Å². The summed E-state index contributed by atoms with van der Waals surface area (Å²) in [5.41, 5.74) is 0. The third-order valence-electron chi connectivity index (χ3n) is 1.75. The second-order valence-corrected chi connectivity index (χ2v) is 5.41. The van der Waals surface area contributed by atoms with E-state index >= 15 is 0 Å². The number of halogens is 1. The number of hydrogen-bond donors (Lipinski definition) is 1. The van der Waals surface area contributed by atoms with Gasteiger partial charge < -0.3 is 0 Å². The molecule has 0 aliphatic carbocycles. The van der Waals surface area contributed by atoms with Crippen molar-refractivity contribution in [1.82, 2.24) is 4.98 Å². The van der Waals surface area contributed by atoms with Gasteiger partial charge in [-0.15, -0.1) is 0 Å². The Hall–Kier alpha value is -0.810. The summed E-state index contributed by atoms with van der Waals surface area (Å²) in [5, 5.41) is 0.457. The minimum Gasteiger partial charge on any atom is -0.267 e. The molecule has 0 spiro atoms. The lowest BCUT2D eigenvalue weighted by molar-refractivity contribution is 0.597. The first kappa shape index (κ1) is 12.3. The lowest BCUT2D eigenvalue weighted by Crippen LogP contribution is -2.17. The van der Waals surface area contributed by atoms with Crippen molar-refractivity contribution in [2.24, 2.45) is 0 Å². The first-order valence-electron chi connectivity index (χ1n) is 4.65. The fraction of sp³-hybridized carbons (Fsp3) is 0.444. The van der Waals surface area contributed by atoms with Gasteiger partial charge in [-0.25, -0.2) is 13.4 Å². The van der Waals surface area contributed by atoms with E-state index in [1.54, 1.807) is 6.07 Å². The molecule has 84 valence electrons. The molecule has 0 fully saturated rings. The van der Waals surface area contributed by atoms with Crippen LogP contribution in [0.2, 0.25) is 5.02 Å². The molecular formula is C9H13ClN2O2S. The minimum absolute atomic E-state index is 0.109. The van der Waals surface area contributed by atoms with Gasteiger partial charge in [-0.3, -0.25) is 4.72 Å². The smallest absolute Gasteiger partial charge is 0.233 e. The van der Waals surface area contributed by atoms with E-state index in [9.17, 15) is 8.42 Å². The average molecular weight is 249 g/mol. The Morgan fingerprint density at radius 1 is 1.53 bits per heavy atom. The van der Waals surface area contributed by atoms with Crippen molar-refractivity contribution in [3.8, 4) is 0 Å². The van der Waals surface area contributed by atoms with Crippen molar-refractivity contribution < 1.29 is 8.42 Å². The molecule has 1 rings (SSSR count). The molecule has 0 atom stereocenters. The Morgan fingerprint density at radius 2 is 2.27 bits per heavy atom. The van der Waals surface area contributed by atoms with Crippen LogP contribution in [0.3, 0.4) is 0 Å². The van der Waals surface area contributed by atoms with Crippen LogP contribution in [0.25, 0.3) is 0 Å². The van der Waals surface area contributed by atoms with Gasteiger partial charge in [0.05, 0.1) is 5.75 Å². The standard InChI is InChI=1S/C9H13ClN2O2S/c1-2-3-6-15(13,14)12-9-7-8(10)4-5-11-9/h4-5,7H,2-3,6H2,1H3,(H,11,12). The molecule has 1 aromatic rings. The summed E-state index contributed by atoms with van der Waals surface area (Å²) in [7, 11) is -3.28. The molecule has 0 unspecified atom stereocenters. The Balaban J connectivity index is 2.69. The molecule has 1 N–H and O–H groups in total. The summed E-state index contributed by atoms with van der Waals surface area (Å²) < 4.78 is 25.3. The molecule has 6 heteroatoms. The van der Waals surface area contributed by atoms with E-state index in [0.29, 0.717) is 11.4 Å². The number of anilines is 1. The van der Waals surface area contributed by atoms with Crippen molar-refractivity contribution in [2.75, 3.05) is 10.5 Å². The highest BCUT2D eigenvalue weighted by atomic mass is 35.5. The van der Waals surface area contributed by atoms with Crippen LogP contribution in [0.15, 0.2) is 18.3 Å². The molecule has 0 aliphatic heterocycles. The number of nitrogens with zero attached hydrogens (tertiary/aromatic N) is 1. The number of nitrogens with one attached hydrogen (secondary N) is 1. The third-order valence-corrected chi connectivity index (χ3v) is 3.33. The van der Waals surface area contributed by atoms with Crippen molar-refractivity contribution >= 4 is 27.4 Å². The molecule has 0 bridgehead atoms. The van der Waals surface area contributed by atoms with Crippen LogP contribution >= 0.6 is 11.6 Å². The zero-order valence-electron chi connectivity index (χ0n) is 8.40. The van der Waals surface area contributed by atoms with Crippen molar-refractivity contribution in [3.05, 3.63) is 23.4 Å². The first-order valence-corrected chi connectivity index (χ1v) is 6.68. The highest BCUT2D eigenvalue weighted by Crippen LogP contribution is 2.13. The fourth-order valence-corrected chi connectivity index (χ4v) is 2.37. The maximum absolute atomic E-state index is 11.5. The topological polar surface area (TPSA) is 59.1 Å². The predicted molar refractivity (Wildman–Crippen MR) is 61.6 cm³/mol. The average Bonchev–Trinajstić information content (AvgIpc) is 2.14. The maximum atomic E-state index is 11.5. The van der Waals surface area contributed by atoms with Gasteiger partial charge >= 0.3 is 0 Å². The second-order valence-electron chi connectivity index (χ2n) is 3.13. The quantitative estimate of drug-likeness (QED) is 0.870. The van der Waals surface area contributed by atoms with Crippen LogP contribution in [0.1, 0.15) is 19.8 Å². The summed E-state index contributed by atoms with van der Waals surface area (Å²) in [5.74, 6) is 0.371. The van der Waals surface area contributed by atoms with Crippen LogP contribution in [0, 0.1) is 0 Å². The Labute approximate surface area is 94.7 Å². The van der Waals surface area contributed by atoms with Gasteiger partial charge in [0.2, 0.25) is 10.0 Å². The zero-order valence-corrected chi connectivity index (χ0v) is 9.98. The van der Waals surface area contributed by atoms with Crippen molar-refractivity contribution in [3.63, 3.8) is 0 Å². The van der Waals surface area contributed by atoms with E-state index in [-0.39, 0.29) is 11.6 Å². The first-order chi connectivity index (χ1) is 7.03. The zero-order chi connectivity index (χ0) is 11.3. The number of unbranched alkanes of at least 4 members (excludes halogenated alkanes) is 1. The van der Waals surface area contributed by atoms with Gasteiger partial charge in [-0.1, -0.05) is 24.9 Å². The second kappa shape index (κ2) is 5.32. The molecule has 0 aliphatic rings. The van der Waals surface area contributed by atoms with Crippen LogP contribution in [0.4, 0.5) is 5.82 Å². The van der Waals surface area contributed by atoms with E-state index in [1.807, 2.05) is 6.92 Å². The molecule has 4 nitrogen and oxygen atoms in total. The molecule has 1 heterocycles. The Kier molecular flexibility index (Phi) is 4.35. The van der Waals surface area contributed by atoms with Gasteiger partial charge in [0.1, 0.15) is 5.82 Å². The van der Waals surface area contributed by atoms with Gasteiger partial charge in [-0.05, 0) is 12.5 Å². The largest absolute Gasteiger partial charge is 0.267 e. The lowest BCUT2D eigenvalue weighted by atomic mass is 10.4. The van der Waals surface area contributed by atoms with E-state index in [2.05, 4.69) is 9.71 Å². The van der Waals surface area contributed by atoms with Gasteiger partial charge in [-0.2, -0.15) is 0 Å². The van der Waals surface area contributed by atoms with Crippen molar-refractivity contribution in [1.29, 1.82) is 0 Å². The SMILES string of the molecule is CCCCS(=O)(=O)Nc1cc(Cl)ccn1. The van der Waals surface area contributed by atoms with Gasteiger partial charge in [0, 0.05) is 17.3 Å². The molecule has 0 aromatic carbocycles. The van der Waals surface area contributed by atoms with Crippen molar-refractivity contribution in [2.45, 2.75) is 19.8 Å². The molecule has 0 saturated carbocycles. The molecule has 0 amide bonds. The third kappa shape index (κ3) is 4.48. The number of pyridine rings is 1. The normalized spacial score (nSPS) is 11.3. The van der Waals surface area contributed by atoms with Gasteiger partial charge in [0.25, 0.3) is 0 Å². The minimum atomic E-state index is -3.28. The molecule has 15 heavy (non-hydrogen) atoms. The fourth-order valence-electron chi connectivity index (χ4n) is 1.01. The number of aromatic nitrogens is 1. The molecular weight excluding hydrogens is 236 g/mol. The molecule has 0 saturated heterocycles. The monoisotopic (exact) mass is 248 g/mol. The number of hydrogen-bond acceptors (Lipinski definition) is 3. The summed E-state index contributed by atoms with van der Waals surface area (Å²) >= 11 is 5.70. The molecule has 0 radical (unpaired) electrons. The summed E-state index contributed by atoms with van der Waals surface area (Å²) in [4.78, 5) is 3.86. The van der Waals surface area contributed by atoms with E-state index in [4.69, 9.17) is 11.6 Å². The molecule has 1 aromatic heterocycles. The summed E-state index contributed by atoms with van der Waals surface area (Å²) in [6, 6.07) is 3.07. The Morgan fingerprint density at radius 3 is 2.87 bits per heavy atom. The number of sulfonamides is 1. The highest BCUT2D eigenvalue weighted by molar-refractivity contribution is 7.92. The predicted octanol–water partition coefficient (Wildman–Crippen LogP) is 2.28. The van der Waals surface area contributed by atoms with E-state index in [0.717, 1.165) is 6.42 Å². The number of rotatable bonds is 5. The van der Waals surface area contributed by atoms with Crippen LogP contribution < -0.4 is 4.72 Å². The van der Waals surface area contributed by atoms with Crippen LogP contribution in [0.5, 0.6) is 0 Å².